The van der Waals surface area contributed by atoms with Crippen LogP contribution in [0.25, 0.3) is 0 Å². The van der Waals surface area contributed by atoms with Crippen LogP contribution in [0, 0.1) is 6.92 Å². The highest BCUT2D eigenvalue weighted by molar-refractivity contribution is 5.67. The molecule has 102 valence electrons. The quantitative estimate of drug-likeness (QED) is 0.895. The van der Waals surface area contributed by atoms with E-state index in [4.69, 9.17) is 4.74 Å². The van der Waals surface area contributed by atoms with Gasteiger partial charge in [0.25, 0.3) is 0 Å². The molecular weight excluding hydrogens is 230 g/mol. The number of nitrogens with one attached hydrogen (secondary N) is 1. The second-order valence-corrected chi connectivity index (χ2v) is 5.27. The third-order valence-electron chi connectivity index (χ3n) is 2.33. The molecule has 1 N–H and O–H groups in total. The predicted octanol–water partition coefficient (Wildman–Crippen LogP) is 2.28. The number of carbonyl (C=O) groups excluding carboxylic acids is 1. The van der Waals surface area contributed by atoms with Crippen molar-refractivity contribution >= 4 is 6.09 Å². The lowest BCUT2D eigenvalue weighted by Crippen LogP contribution is -2.33. The maximum atomic E-state index is 11.5. The van der Waals surface area contributed by atoms with E-state index < -0.39 is 5.60 Å². The number of amides is 1. The second kappa shape index (κ2) is 5.89. The van der Waals surface area contributed by atoms with Crippen LogP contribution in [0.1, 0.15) is 39.1 Å². The lowest BCUT2D eigenvalue weighted by atomic mass is 10.2. The Morgan fingerprint density at radius 3 is 2.72 bits per heavy atom. The first-order chi connectivity index (χ1) is 8.31. The van der Waals surface area contributed by atoms with Gasteiger partial charge < -0.3 is 10.1 Å². The molecule has 0 aliphatic heterocycles. The van der Waals surface area contributed by atoms with Crippen LogP contribution in [0.4, 0.5) is 4.79 Å². The molecule has 0 spiro atoms. The number of hydrogen-bond acceptors (Lipinski definition) is 3. The Kier molecular flexibility index (Phi) is 4.76. The van der Waals surface area contributed by atoms with E-state index in [1.165, 1.54) is 0 Å². The normalized spacial score (nSPS) is 11.4. The minimum Gasteiger partial charge on any atom is -0.444 e. The van der Waals surface area contributed by atoms with Crippen LogP contribution >= 0.6 is 0 Å². The van der Waals surface area contributed by atoms with E-state index in [0.717, 1.165) is 24.4 Å². The zero-order valence-electron chi connectivity index (χ0n) is 11.9. The fraction of sp³-hybridized carbons (Fsp3) is 0.692. The number of aryl methyl sites for hydroxylation is 2. The van der Waals surface area contributed by atoms with E-state index in [1.54, 1.807) is 0 Å². The van der Waals surface area contributed by atoms with Crippen LogP contribution in [0.2, 0.25) is 0 Å². The van der Waals surface area contributed by atoms with Crippen molar-refractivity contribution in [2.75, 3.05) is 6.54 Å². The minimum absolute atomic E-state index is 0.373. The van der Waals surface area contributed by atoms with Gasteiger partial charge in [-0.1, -0.05) is 0 Å². The average Bonchev–Trinajstić information content (AvgIpc) is 2.56. The maximum absolute atomic E-state index is 11.5. The number of nitrogens with zero attached hydrogens (tertiary/aromatic N) is 2. The van der Waals surface area contributed by atoms with Gasteiger partial charge in [0.05, 0.1) is 5.69 Å². The molecule has 0 aliphatic rings. The highest BCUT2D eigenvalue weighted by atomic mass is 16.6. The summed E-state index contributed by atoms with van der Waals surface area (Å²) < 4.78 is 7.12. The third kappa shape index (κ3) is 4.77. The Hall–Kier alpha value is -1.52. The molecule has 5 nitrogen and oxygen atoms in total. The van der Waals surface area contributed by atoms with Crippen LogP contribution in [-0.2, 0) is 17.7 Å². The molecule has 18 heavy (non-hydrogen) atoms. The Bertz CT molecular complexity index is 405. The largest absolute Gasteiger partial charge is 0.444 e. The van der Waals surface area contributed by atoms with Crippen LogP contribution in [-0.4, -0.2) is 28.0 Å². The standard InChI is InChI=1S/C13H23N3O2/c1-6-16-11(9-10(2)15-16)7-8-14-12(17)18-13(3,4)5/h9H,6-8H2,1-5H3,(H,14,17). The first kappa shape index (κ1) is 14.5. The average molecular weight is 253 g/mol. The van der Waals surface area contributed by atoms with Crippen molar-refractivity contribution in [3.05, 3.63) is 17.5 Å². The highest BCUT2D eigenvalue weighted by Crippen LogP contribution is 2.07. The van der Waals surface area contributed by atoms with Gasteiger partial charge in [0.2, 0.25) is 0 Å². The van der Waals surface area contributed by atoms with Crippen molar-refractivity contribution in [1.82, 2.24) is 15.1 Å². The van der Waals surface area contributed by atoms with Gasteiger partial charge in [-0.05, 0) is 40.7 Å². The van der Waals surface area contributed by atoms with Gasteiger partial charge in [-0.25, -0.2) is 4.79 Å². The molecule has 0 fully saturated rings. The van der Waals surface area contributed by atoms with Gasteiger partial charge in [0.15, 0.2) is 0 Å². The van der Waals surface area contributed by atoms with Gasteiger partial charge in [-0.15, -0.1) is 0 Å². The fourth-order valence-corrected chi connectivity index (χ4v) is 1.68. The van der Waals surface area contributed by atoms with Crippen molar-refractivity contribution in [2.45, 2.75) is 53.2 Å². The summed E-state index contributed by atoms with van der Waals surface area (Å²) in [6, 6.07) is 2.04. The molecule has 0 atom stereocenters. The molecule has 0 saturated heterocycles. The minimum atomic E-state index is -0.453. The number of ether oxygens (including phenoxy) is 1. The summed E-state index contributed by atoms with van der Waals surface area (Å²) in [5.74, 6) is 0. The summed E-state index contributed by atoms with van der Waals surface area (Å²) in [5, 5.41) is 7.10. The zero-order valence-corrected chi connectivity index (χ0v) is 11.9. The molecule has 0 unspecified atom stereocenters. The van der Waals surface area contributed by atoms with E-state index in [0.29, 0.717) is 6.54 Å². The monoisotopic (exact) mass is 253 g/mol. The first-order valence-electron chi connectivity index (χ1n) is 6.32. The Balaban J connectivity index is 2.39. The first-order valence-corrected chi connectivity index (χ1v) is 6.32. The second-order valence-electron chi connectivity index (χ2n) is 5.27. The lowest BCUT2D eigenvalue weighted by molar-refractivity contribution is 0.0528. The van der Waals surface area contributed by atoms with Gasteiger partial charge in [-0.2, -0.15) is 5.10 Å². The van der Waals surface area contributed by atoms with Crippen LogP contribution < -0.4 is 5.32 Å². The van der Waals surface area contributed by atoms with E-state index in [9.17, 15) is 4.79 Å². The summed E-state index contributed by atoms with van der Waals surface area (Å²) in [5.41, 5.74) is 1.68. The summed E-state index contributed by atoms with van der Waals surface area (Å²) in [7, 11) is 0. The molecule has 0 saturated carbocycles. The van der Waals surface area contributed by atoms with Crippen LogP contribution in [0.5, 0.6) is 0 Å². The number of carbonyl (C=O) groups is 1. The van der Waals surface area contributed by atoms with Crippen molar-refractivity contribution in [1.29, 1.82) is 0 Å². The highest BCUT2D eigenvalue weighted by Gasteiger charge is 2.15. The molecule has 0 bridgehead atoms. The molecule has 5 heteroatoms. The molecule has 1 heterocycles. The fourth-order valence-electron chi connectivity index (χ4n) is 1.68. The van der Waals surface area contributed by atoms with E-state index in [-0.39, 0.29) is 6.09 Å². The van der Waals surface area contributed by atoms with E-state index in [2.05, 4.69) is 17.3 Å². The maximum Gasteiger partial charge on any atom is 0.407 e. The molecule has 0 aliphatic carbocycles. The topological polar surface area (TPSA) is 56.2 Å². The summed E-state index contributed by atoms with van der Waals surface area (Å²) in [4.78, 5) is 11.5. The Morgan fingerprint density at radius 2 is 2.17 bits per heavy atom. The number of rotatable bonds is 4. The SMILES string of the molecule is CCn1nc(C)cc1CCNC(=O)OC(C)(C)C. The van der Waals surface area contributed by atoms with E-state index in [1.807, 2.05) is 38.4 Å². The van der Waals surface area contributed by atoms with Crippen molar-refractivity contribution in [3.63, 3.8) is 0 Å². The van der Waals surface area contributed by atoms with Crippen molar-refractivity contribution in [3.8, 4) is 0 Å². The molecule has 1 aromatic heterocycles. The third-order valence-corrected chi connectivity index (χ3v) is 2.33. The van der Waals surface area contributed by atoms with Gasteiger partial charge >= 0.3 is 6.09 Å². The Labute approximate surface area is 109 Å². The van der Waals surface area contributed by atoms with Gasteiger partial charge in [0, 0.05) is 25.2 Å². The molecule has 1 aromatic rings. The number of aromatic nitrogens is 2. The predicted molar refractivity (Wildman–Crippen MR) is 70.6 cm³/mol. The van der Waals surface area contributed by atoms with E-state index >= 15 is 0 Å². The smallest absolute Gasteiger partial charge is 0.407 e. The Morgan fingerprint density at radius 1 is 1.50 bits per heavy atom. The van der Waals surface area contributed by atoms with Gasteiger partial charge in [-0.3, -0.25) is 4.68 Å². The van der Waals surface area contributed by atoms with Crippen molar-refractivity contribution < 1.29 is 9.53 Å². The zero-order chi connectivity index (χ0) is 13.8. The molecular formula is C13H23N3O2. The van der Waals surface area contributed by atoms with Crippen LogP contribution in [0.15, 0.2) is 6.07 Å². The van der Waals surface area contributed by atoms with Crippen molar-refractivity contribution in [2.24, 2.45) is 0 Å². The summed E-state index contributed by atoms with van der Waals surface area (Å²) in [6.45, 7) is 11.0. The molecule has 1 amide bonds. The molecule has 1 rings (SSSR count). The number of alkyl carbamates (subject to hydrolysis) is 1. The van der Waals surface area contributed by atoms with Crippen LogP contribution in [0.3, 0.4) is 0 Å². The van der Waals surface area contributed by atoms with Gasteiger partial charge in [0.1, 0.15) is 5.60 Å². The molecule has 0 aromatic carbocycles. The summed E-state index contributed by atoms with van der Waals surface area (Å²) in [6.07, 6.45) is 0.385. The lowest BCUT2D eigenvalue weighted by Gasteiger charge is -2.19. The summed E-state index contributed by atoms with van der Waals surface area (Å²) >= 11 is 0. The molecule has 0 radical (unpaired) electrons. The number of hydrogen-bond donors (Lipinski definition) is 1.